The lowest BCUT2D eigenvalue weighted by Gasteiger charge is -2.34. The minimum Gasteiger partial charge on any atom is -0.340 e. The fraction of sp³-hybridized carbons (Fsp3) is 0.385. The van der Waals surface area contributed by atoms with E-state index in [1.165, 1.54) is 5.56 Å². The number of piperazine rings is 1. The molecule has 0 saturated carbocycles. The maximum atomic E-state index is 12.7. The zero-order valence-electron chi connectivity index (χ0n) is 20.0. The molecule has 9 heteroatoms. The van der Waals surface area contributed by atoms with Crippen molar-refractivity contribution >= 4 is 29.1 Å². The first-order valence-corrected chi connectivity index (χ1v) is 12.2. The number of nitrogens with zero attached hydrogens (tertiary/aromatic N) is 4. The van der Waals surface area contributed by atoms with Crippen LogP contribution in [0.5, 0.6) is 0 Å². The third-order valence-corrected chi connectivity index (χ3v) is 6.43. The molecule has 0 bridgehead atoms. The molecule has 0 atom stereocenters. The highest BCUT2D eigenvalue weighted by atomic mass is 35.5. The van der Waals surface area contributed by atoms with E-state index in [9.17, 15) is 9.59 Å². The molecule has 35 heavy (non-hydrogen) atoms. The van der Waals surface area contributed by atoms with Crippen LogP contribution < -0.4 is 5.32 Å². The van der Waals surface area contributed by atoms with Gasteiger partial charge in [-0.25, -0.2) is 0 Å². The number of para-hydroxylation sites is 1. The Morgan fingerprint density at radius 1 is 1.06 bits per heavy atom. The number of aromatic nitrogens is 2. The summed E-state index contributed by atoms with van der Waals surface area (Å²) in [6.07, 6.45) is 0.706. The lowest BCUT2D eigenvalue weighted by atomic mass is 10.0. The Morgan fingerprint density at radius 3 is 2.46 bits per heavy atom. The molecule has 0 aliphatic carbocycles. The van der Waals surface area contributed by atoms with Gasteiger partial charge in [-0.05, 0) is 23.6 Å². The lowest BCUT2D eigenvalue weighted by Crippen LogP contribution is -2.50. The van der Waals surface area contributed by atoms with Crippen LogP contribution in [-0.2, 0) is 16.0 Å². The van der Waals surface area contributed by atoms with Crippen molar-refractivity contribution in [2.24, 2.45) is 0 Å². The van der Waals surface area contributed by atoms with Crippen LogP contribution in [0.2, 0.25) is 5.02 Å². The van der Waals surface area contributed by atoms with E-state index in [0.29, 0.717) is 67.4 Å². The van der Waals surface area contributed by atoms with E-state index in [0.717, 1.165) is 5.56 Å². The molecule has 8 nitrogen and oxygen atoms in total. The Balaban J connectivity index is 1.20. The average Bonchev–Trinajstić information content (AvgIpc) is 3.33. The highest BCUT2D eigenvalue weighted by molar-refractivity contribution is 6.33. The summed E-state index contributed by atoms with van der Waals surface area (Å²) in [5, 5.41) is 7.40. The van der Waals surface area contributed by atoms with Crippen LogP contribution in [0.3, 0.4) is 0 Å². The number of hydrogen-bond acceptors (Lipinski definition) is 6. The number of aryl methyl sites for hydroxylation is 1. The summed E-state index contributed by atoms with van der Waals surface area (Å²) in [7, 11) is 0. The Hall–Kier alpha value is -3.23. The van der Waals surface area contributed by atoms with Gasteiger partial charge in [-0.15, -0.1) is 0 Å². The molecule has 1 aromatic heterocycles. The van der Waals surface area contributed by atoms with Crippen LogP contribution in [0, 0.1) is 0 Å². The molecule has 1 saturated heterocycles. The predicted molar refractivity (Wildman–Crippen MR) is 135 cm³/mol. The molecule has 3 aromatic rings. The number of nitrogens with one attached hydrogen (secondary N) is 1. The number of anilines is 1. The number of rotatable bonds is 8. The summed E-state index contributed by atoms with van der Waals surface area (Å²) < 4.78 is 5.36. The van der Waals surface area contributed by atoms with Gasteiger partial charge in [0.05, 0.1) is 17.3 Å². The van der Waals surface area contributed by atoms with Crippen LogP contribution in [0.25, 0.3) is 11.4 Å². The van der Waals surface area contributed by atoms with Crippen LogP contribution in [0.1, 0.15) is 37.6 Å². The summed E-state index contributed by atoms with van der Waals surface area (Å²) in [6.45, 7) is 6.99. The average molecular weight is 496 g/mol. The maximum absolute atomic E-state index is 12.7. The predicted octanol–water partition coefficient (Wildman–Crippen LogP) is 4.23. The van der Waals surface area contributed by atoms with Crippen LogP contribution in [0.4, 0.5) is 5.69 Å². The monoisotopic (exact) mass is 495 g/mol. The van der Waals surface area contributed by atoms with Crippen molar-refractivity contribution in [3.8, 4) is 11.4 Å². The zero-order chi connectivity index (χ0) is 24.8. The fourth-order valence-corrected chi connectivity index (χ4v) is 4.16. The van der Waals surface area contributed by atoms with Gasteiger partial charge in [-0.3, -0.25) is 14.5 Å². The molecule has 1 aliphatic rings. The van der Waals surface area contributed by atoms with Gasteiger partial charge >= 0.3 is 0 Å². The van der Waals surface area contributed by atoms with E-state index >= 15 is 0 Å². The standard InChI is InChI=1S/C26H30ClN5O3/c1-18(2)19-7-9-20(10-8-19)26-29-24(35-30-26)11-12-25(34)32-15-13-31(14-16-32)17-23(33)28-22-6-4-3-5-21(22)27/h3-10,18H,11-17H2,1-2H3,(H,28,33). The molecule has 1 aliphatic heterocycles. The van der Waals surface area contributed by atoms with Crippen molar-refractivity contribution < 1.29 is 14.1 Å². The molecule has 1 N–H and O–H groups in total. The number of benzene rings is 2. The van der Waals surface area contributed by atoms with Gasteiger partial charge in [0, 0.05) is 44.6 Å². The molecule has 0 spiro atoms. The second-order valence-electron chi connectivity index (χ2n) is 8.97. The molecule has 4 rings (SSSR count). The molecule has 2 aromatic carbocycles. The van der Waals surface area contributed by atoms with E-state index in [1.54, 1.807) is 12.1 Å². The first kappa shape index (κ1) is 24.9. The van der Waals surface area contributed by atoms with Crippen molar-refractivity contribution in [1.29, 1.82) is 0 Å². The number of hydrogen-bond donors (Lipinski definition) is 1. The fourth-order valence-electron chi connectivity index (χ4n) is 3.97. The van der Waals surface area contributed by atoms with Gasteiger partial charge < -0.3 is 14.7 Å². The summed E-state index contributed by atoms with van der Waals surface area (Å²) >= 11 is 6.10. The molecule has 1 fully saturated rings. The number of halogens is 1. The topological polar surface area (TPSA) is 91.6 Å². The first-order valence-electron chi connectivity index (χ1n) is 11.9. The first-order chi connectivity index (χ1) is 16.9. The van der Waals surface area contributed by atoms with Gasteiger partial charge in [0.1, 0.15) is 0 Å². The van der Waals surface area contributed by atoms with Crippen molar-refractivity contribution in [1.82, 2.24) is 19.9 Å². The Morgan fingerprint density at radius 2 is 1.77 bits per heavy atom. The second kappa shape index (κ2) is 11.5. The minimum atomic E-state index is -0.121. The highest BCUT2D eigenvalue weighted by Gasteiger charge is 2.23. The smallest absolute Gasteiger partial charge is 0.238 e. The number of carbonyl (C=O) groups is 2. The molecular formula is C26H30ClN5O3. The van der Waals surface area contributed by atoms with Crippen LogP contribution >= 0.6 is 11.6 Å². The van der Waals surface area contributed by atoms with E-state index in [2.05, 4.69) is 41.4 Å². The van der Waals surface area contributed by atoms with Gasteiger partial charge in [-0.1, -0.05) is 67.0 Å². The Labute approximate surface area is 210 Å². The molecule has 0 unspecified atom stereocenters. The SMILES string of the molecule is CC(C)c1ccc(-c2noc(CCC(=O)N3CCN(CC(=O)Nc4ccccc4Cl)CC3)n2)cc1. The van der Waals surface area contributed by atoms with Crippen molar-refractivity contribution in [3.05, 3.63) is 65.0 Å². The quantitative estimate of drug-likeness (QED) is 0.503. The summed E-state index contributed by atoms with van der Waals surface area (Å²) in [5.41, 5.74) is 2.75. The van der Waals surface area contributed by atoms with Crippen molar-refractivity contribution in [3.63, 3.8) is 0 Å². The maximum Gasteiger partial charge on any atom is 0.238 e. The summed E-state index contributed by atoms with van der Waals surface area (Å²) in [6, 6.07) is 15.3. The lowest BCUT2D eigenvalue weighted by molar-refractivity contribution is -0.133. The zero-order valence-corrected chi connectivity index (χ0v) is 20.8. The second-order valence-corrected chi connectivity index (χ2v) is 9.38. The minimum absolute atomic E-state index is 0.0474. The summed E-state index contributed by atoms with van der Waals surface area (Å²) in [5.74, 6) is 1.38. The van der Waals surface area contributed by atoms with Crippen molar-refractivity contribution in [2.45, 2.75) is 32.6 Å². The highest BCUT2D eigenvalue weighted by Crippen LogP contribution is 2.22. The molecular weight excluding hydrogens is 466 g/mol. The third kappa shape index (κ3) is 6.68. The normalized spacial score (nSPS) is 14.3. The number of carbonyl (C=O) groups excluding carboxylic acids is 2. The van der Waals surface area contributed by atoms with E-state index in [4.69, 9.17) is 16.1 Å². The van der Waals surface area contributed by atoms with Crippen LogP contribution in [-0.4, -0.2) is 64.5 Å². The van der Waals surface area contributed by atoms with E-state index in [-0.39, 0.29) is 18.4 Å². The van der Waals surface area contributed by atoms with E-state index in [1.807, 2.05) is 34.1 Å². The molecule has 2 amide bonds. The molecule has 184 valence electrons. The van der Waals surface area contributed by atoms with Crippen LogP contribution in [0.15, 0.2) is 53.1 Å². The van der Waals surface area contributed by atoms with Crippen molar-refractivity contribution in [2.75, 3.05) is 38.0 Å². The third-order valence-electron chi connectivity index (χ3n) is 6.10. The van der Waals surface area contributed by atoms with Gasteiger partial charge in [0.15, 0.2) is 0 Å². The molecule has 2 heterocycles. The Kier molecular flexibility index (Phi) is 8.15. The largest absolute Gasteiger partial charge is 0.340 e. The molecule has 0 radical (unpaired) electrons. The van der Waals surface area contributed by atoms with Gasteiger partial charge in [-0.2, -0.15) is 4.98 Å². The van der Waals surface area contributed by atoms with Gasteiger partial charge in [0.25, 0.3) is 0 Å². The van der Waals surface area contributed by atoms with E-state index < -0.39 is 0 Å². The Bertz CT molecular complexity index is 1150. The number of amides is 2. The summed E-state index contributed by atoms with van der Waals surface area (Å²) in [4.78, 5) is 33.3. The van der Waals surface area contributed by atoms with Gasteiger partial charge in [0.2, 0.25) is 23.5 Å².